The zero-order chi connectivity index (χ0) is 12.4. The van der Waals surface area contributed by atoms with E-state index in [0.717, 1.165) is 28.2 Å². The summed E-state index contributed by atoms with van der Waals surface area (Å²) in [5.74, 6) is 0. The van der Waals surface area contributed by atoms with Crippen LogP contribution in [0.5, 0.6) is 0 Å². The lowest BCUT2D eigenvalue weighted by Crippen LogP contribution is -2.15. The molecule has 2 aromatic heterocycles. The predicted octanol–water partition coefficient (Wildman–Crippen LogP) is 1.84. The fraction of sp³-hybridized carbons (Fsp3) is 0.308. The van der Waals surface area contributed by atoms with Gasteiger partial charge in [-0.15, -0.1) is 0 Å². The van der Waals surface area contributed by atoms with E-state index in [9.17, 15) is 0 Å². The van der Waals surface area contributed by atoms with Crippen LogP contribution in [0.1, 0.15) is 34.3 Å². The molecule has 0 aliphatic heterocycles. The lowest BCUT2D eigenvalue weighted by Gasteiger charge is -2.14. The number of aromatic nitrogens is 3. The fourth-order valence-electron chi connectivity index (χ4n) is 1.73. The molecule has 4 nitrogen and oxygen atoms in total. The Morgan fingerprint density at radius 1 is 1.06 bits per heavy atom. The Balaban J connectivity index is 2.39. The molecule has 1 atom stereocenters. The van der Waals surface area contributed by atoms with Crippen molar-refractivity contribution in [3.05, 3.63) is 52.6 Å². The molecule has 2 rings (SSSR count). The molecule has 0 aliphatic rings. The minimum absolute atomic E-state index is 0.197. The maximum absolute atomic E-state index is 6.23. The summed E-state index contributed by atoms with van der Waals surface area (Å²) in [7, 11) is 0. The van der Waals surface area contributed by atoms with Crippen LogP contribution in [0.15, 0.2) is 24.4 Å². The number of hydrogen-bond acceptors (Lipinski definition) is 4. The zero-order valence-electron chi connectivity index (χ0n) is 10.3. The number of nitrogens with zero attached hydrogens (tertiary/aromatic N) is 3. The molecule has 4 heteroatoms. The van der Waals surface area contributed by atoms with Gasteiger partial charge in [-0.3, -0.25) is 4.98 Å². The smallest absolute Gasteiger partial charge is 0.0651 e. The summed E-state index contributed by atoms with van der Waals surface area (Å²) in [5.41, 5.74) is 11.0. The van der Waals surface area contributed by atoms with Crippen molar-refractivity contribution >= 4 is 0 Å². The third-order valence-electron chi connectivity index (χ3n) is 2.77. The molecule has 0 saturated carbocycles. The number of hydrogen-bond donors (Lipinski definition) is 1. The highest BCUT2D eigenvalue weighted by Crippen LogP contribution is 2.21. The summed E-state index contributed by atoms with van der Waals surface area (Å²) in [6, 6.07) is 5.75. The van der Waals surface area contributed by atoms with E-state index in [4.69, 9.17) is 5.73 Å². The summed E-state index contributed by atoms with van der Waals surface area (Å²) in [4.78, 5) is 4.26. The first-order valence-electron chi connectivity index (χ1n) is 5.57. The van der Waals surface area contributed by atoms with Crippen molar-refractivity contribution < 1.29 is 0 Å². The van der Waals surface area contributed by atoms with Crippen LogP contribution in [0.2, 0.25) is 0 Å². The molecule has 0 amide bonds. The normalized spacial score (nSPS) is 12.5. The van der Waals surface area contributed by atoms with E-state index >= 15 is 0 Å². The Bertz CT molecular complexity index is 519. The first kappa shape index (κ1) is 11.7. The van der Waals surface area contributed by atoms with Crippen molar-refractivity contribution in [2.75, 3.05) is 0 Å². The monoisotopic (exact) mass is 228 g/mol. The molecule has 0 aromatic carbocycles. The highest BCUT2D eigenvalue weighted by molar-refractivity contribution is 5.32. The van der Waals surface area contributed by atoms with E-state index in [2.05, 4.69) is 15.2 Å². The van der Waals surface area contributed by atoms with Crippen LogP contribution >= 0.6 is 0 Å². The second-order valence-electron chi connectivity index (χ2n) is 4.24. The summed E-state index contributed by atoms with van der Waals surface area (Å²) in [6.45, 7) is 5.79. The third-order valence-corrected chi connectivity index (χ3v) is 2.77. The van der Waals surface area contributed by atoms with Crippen LogP contribution in [-0.2, 0) is 0 Å². The molecule has 2 aromatic rings. The summed E-state index contributed by atoms with van der Waals surface area (Å²) >= 11 is 0. The summed E-state index contributed by atoms with van der Waals surface area (Å²) in [6.07, 6.45) is 1.81. The largest absolute Gasteiger partial charge is 0.320 e. The van der Waals surface area contributed by atoms with Gasteiger partial charge in [-0.25, -0.2) is 0 Å². The average Bonchev–Trinajstić information content (AvgIpc) is 2.32. The van der Waals surface area contributed by atoms with Gasteiger partial charge in [0.2, 0.25) is 0 Å². The van der Waals surface area contributed by atoms with E-state index in [0.29, 0.717) is 0 Å². The van der Waals surface area contributed by atoms with Gasteiger partial charge < -0.3 is 5.73 Å². The Kier molecular flexibility index (Phi) is 3.15. The van der Waals surface area contributed by atoms with Crippen LogP contribution < -0.4 is 5.73 Å². The Morgan fingerprint density at radius 3 is 2.47 bits per heavy atom. The van der Waals surface area contributed by atoms with Gasteiger partial charge in [0.05, 0.1) is 17.4 Å². The average molecular weight is 228 g/mol. The molecule has 0 aliphatic carbocycles. The Hall–Kier alpha value is -1.81. The minimum atomic E-state index is -0.197. The predicted molar refractivity (Wildman–Crippen MR) is 66.5 cm³/mol. The number of nitrogens with two attached hydrogens (primary N) is 1. The highest BCUT2D eigenvalue weighted by Gasteiger charge is 2.13. The topological polar surface area (TPSA) is 64.7 Å². The van der Waals surface area contributed by atoms with Crippen molar-refractivity contribution in [2.24, 2.45) is 5.73 Å². The van der Waals surface area contributed by atoms with E-state index < -0.39 is 0 Å². The van der Waals surface area contributed by atoms with Gasteiger partial charge in [0.1, 0.15) is 0 Å². The van der Waals surface area contributed by atoms with Gasteiger partial charge in [-0.1, -0.05) is 6.07 Å². The molecule has 0 radical (unpaired) electrons. The lowest BCUT2D eigenvalue weighted by molar-refractivity contribution is 0.808. The fourth-order valence-corrected chi connectivity index (χ4v) is 1.73. The molecule has 88 valence electrons. The third kappa shape index (κ3) is 2.47. The number of aryl methyl sites for hydroxylation is 3. The summed E-state index contributed by atoms with van der Waals surface area (Å²) in [5, 5.41) is 8.10. The van der Waals surface area contributed by atoms with Gasteiger partial charge in [-0.2, -0.15) is 10.2 Å². The van der Waals surface area contributed by atoms with E-state index in [1.807, 2.05) is 45.2 Å². The van der Waals surface area contributed by atoms with Crippen LogP contribution in [0.3, 0.4) is 0 Å². The number of rotatable bonds is 2. The van der Waals surface area contributed by atoms with Crippen molar-refractivity contribution in [3.8, 4) is 0 Å². The van der Waals surface area contributed by atoms with E-state index in [1.54, 1.807) is 0 Å². The molecule has 0 spiro atoms. The van der Waals surface area contributed by atoms with Crippen molar-refractivity contribution in [2.45, 2.75) is 26.8 Å². The lowest BCUT2D eigenvalue weighted by atomic mass is 10.00. The Morgan fingerprint density at radius 2 is 1.82 bits per heavy atom. The molecule has 17 heavy (non-hydrogen) atoms. The molecule has 0 fully saturated rings. The Labute approximate surface area is 101 Å². The zero-order valence-corrected chi connectivity index (χ0v) is 10.3. The SMILES string of the molecule is Cc1ccc(C(N)c2cc(C)nnc2C)cn1. The van der Waals surface area contributed by atoms with Gasteiger partial charge >= 0.3 is 0 Å². The molecule has 2 heterocycles. The molecular weight excluding hydrogens is 212 g/mol. The molecular formula is C13H16N4. The molecule has 0 bridgehead atoms. The quantitative estimate of drug-likeness (QED) is 0.851. The van der Waals surface area contributed by atoms with Gasteiger partial charge in [0.25, 0.3) is 0 Å². The van der Waals surface area contributed by atoms with E-state index in [1.165, 1.54) is 0 Å². The molecule has 0 saturated heterocycles. The molecule has 1 unspecified atom stereocenters. The van der Waals surface area contributed by atoms with Gasteiger partial charge in [-0.05, 0) is 44.0 Å². The van der Waals surface area contributed by atoms with Crippen LogP contribution in [0, 0.1) is 20.8 Å². The van der Waals surface area contributed by atoms with Crippen LogP contribution in [0.4, 0.5) is 0 Å². The van der Waals surface area contributed by atoms with Gasteiger partial charge in [0, 0.05) is 11.9 Å². The molecule has 2 N–H and O–H groups in total. The van der Waals surface area contributed by atoms with Crippen molar-refractivity contribution in [1.29, 1.82) is 0 Å². The number of pyridine rings is 1. The van der Waals surface area contributed by atoms with Crippen molar-refractivity contribution in [3.63, 3.8) is 0 Å². The standard InChI is InChI=1S/C13H16N4/c1-8-4-5-11(7-15-8)13(14)12-6-9(2)16-17-10(12)3/h4-7,13H,14H2,1-3H3. The van der Waals surface area contributed by atoms with Crippen molar-refractivity contribution in [1.82, 2.24) is 15.2 Å². The first-order chi connectivity index (χ1) is 8.08. The van der Waals surface area contributed by atoms with Gasteiger partial charge in [0.15, 0.2) is 0 Å². The van der Waals surface area contributed by atoms with E-state index in [-0.39, 0.29) is 6.04 Å². The first-order valence-corrected chi connectivity index (χ1v) is 5.57. The van der Waals surface area contributed by atoms with Crippen LogP contribution in [-0.4, -0.2) is 15.2 Å². The minimum Gasteiger partial charge on any atom is -0.320 e. The maximum Gasteiger partial charge on any atom is 0.0651 e. The highest BCUT2D eigenvalue weighted by atomic mass is 15.1. The summed E-state index contributed by atoms with van der Waals surface area (Å²) < 4.78 is 0. The second-order valence-corrected chi connectivity index (χ2v) is 4.24. The maximum atomic E-state index is 6.23. The second kappa shape index (κ2) is 4.59. The van der Waals surface area contributed by atoms with Crippen LogP contribution in [0.25, 0.3) is 0 Å².